The van der Waals surface area contributed by atoms with E-state index in [-0.39, 0.29) is 18.9 Å². The smallest absolute Gasteiger partial charge is 0.249 e. The van der Waals surface area contributed by atoms with Crippen LogP contribution in [0.2, 0.25) is 5.02 Å². The van der Waals surface area contributed by atoms with E-state index in [0.717, 1.165) is 17.7 Å². The van der Waals surface area contributed by atoms with Crippen LogP contribution in [0, 0.1) is 0 Å². The molecule has 0 fully saturated rings. The van der Waals surface area contributed by atoms with Crippen molar-refractivity contribution in [3.63, 3.8) is 0 Å². The van der Waals surface area contributed by atoms with Gasteiger partial charge >= 0.3 is 0 Å². The third-order valence-electron chi connectivity index (χ3n) is 4.65. The van der Waals surface area contributed by atoms with E-state index in [2.05, 4.69) is 25.7 Å². The average molecular weight is 438 g/mol. The van der Waals surface area contributed by atoms with Gasteiger partial charge in [0.2, 0.25) is 17.7 Å². The van der Waals surface area contributed by atoms with Crippen molar-refractivity contribution < 1.29 is 9.21 Å². The minimum absolute atomic E-state index is 0.0190. The molecule has 0 saturated carbocycles. The largest absolute Gasteiger partial charge is 0.419 e. The van der Waals surface area contributed by atoms with Crippen LogP contribution in [0.1, 0.15) is 24.8 Å². The van der Waals surface area contributed by atoms with Crippen LogP contribution in [-0.2, 0) is 17.8 Å². The zero-order valence-corrected chi connectivity index (χ0v) is 17.6. The lowest BCUT2D eigenvalue weighted by Gasteiger charge is -2.20. The molecule has 2 heterocycles. The summed E-state index contributed by atoms with van der Waals surface area (Å²) in [5.74, 6) is 0.683. The molecule has 0 spiro atoms. The zero-order valence-electron chi connectivity index (χ0n) is 16.8. The van der Waals surface area contributed by atoms with Gasteiger partial charge in [0.1, 0.15) is 6.33 Å². The highest BCUT2D eigenvalue weighted by Crippen LogP contribution is 2.26. The Kier molecular flexibility index (Phi) is 6.32. The number of aromatic nitrogens is 6. The fourth-order valence-corrected chi connectivity index (χ4v) is 3.34. The SMILES string of the molecule is CCCN(Cc1nnc(-c2ccccc2Cl)o1)C(=O)Cc1ccc(-n2cnnn2)cc1. The number of halogens is 1. The van der Waals surface area contributed by atoms with Crippen molar-refractivity contribution in [2.45, 2.75) is 26.3 Å². The molecule has 31 heavy (non-hydrogen) atoms. The minimum atomic E-state index is -0.0190. The summed E-state index contributed by atoms with van der Waals surface area (Å²) < 4.78 is 7.32. The van der Waals surface area contributed by atoms with Crippen LogP contribution in [0.5, 0.6) is 0 Å². The van der Waals surface area contributed by atoms with E-state index in [9.17, 15) is 4.79 Å². The highest BCUT2D eigenvalue weighted by atomic mass is 35.5. The van der Waals surface area contributed by atoms with E-state index in [1.54, 1.807) is 15.6 Å². The summed E-state index contributed by atoms with van der Waals surface area (Å²) in [5, 5.41) is 19.8. The maximum absolute atomic E-state index is 12.9. The molecule has 10 heteroatoms. The zero-order chi connectivity index (χ0) is 21.6. The molecule has 0 aliphatic heterocycles. The van der Waals surface area contributed by atoms with Gasteiger partial charge in [0.05, 0.1) is 29.2 Å². The Morgan fingerprint density at radius 3 is 2.65 bits per heavy atom. The molecule has 0 N–H and O–H groups in total. The van der Waals surface area contributed by atoms with Gasteiger partial charge in [-0.05, 0) is 46.7 Å². The first kappa shape index (κ1) is 20.7. The third-order valence-corrected chi connectivity index (χ3v) is 4.98. The van der Waals surface area contributed by atoms with Crippen molar-refractivity contribution in [2.75, 3.05) is 6.54 Å². The maximum atomic E-state index is 12.9. The Balaban J connectivity index is 1.44. The number of benzene rings is 2. The van der Waals surface area contributed by atoms with Gasteiger partial charge in [-0.15, -0.1) is 15.3 Å². The first-order chi connectivity index (χ1) is 15.1. The second-order valence-electron chi connectivity index (χ2n) is 6.89. The van der Waals surface area contributed by atoms with Crippen LogP contribution < -0.4 is 0 Å². The number of hydrogen-bond acceptors (Lipinski definition) is 7. The molecule has 0 aliphatic rings. The van der Waals surface area contributed by atoms with Crippen LogP contribution in [-0.4, -0.2) is 47.8 Å². The van der Waals surface area contributed by atoms with Crippen molar-refractivity contribution in [3.8, 4) is 17.1 Å². The standard InChI is InChI=1S/C21H20ClN7O2/c1-2-11-28(13-19-24-25-21(31-19)17-5-3-4-6-18(17)22)20(30)12-15-7-9-16(10-8-15)29-14-23-26-27-29/h3-10,14H,2,11-13H2,1H3. The molecule has 0 atom stereocenters. The number of rotatable bonds is 8. The molecule has 0 radical (unpaired) electrons. The lowest BCUT2D eigenvalue weighted by molar-refractivity contribution is -0.131. The first-order valence-electron chi connectivity index (χ1n) is 9.81. The molecule has 0 saturated heterocycles. The molecule has 2 aromatic heterocycles. The van der Waals surface area contributed by atoms with E-state index in [4.69, 9.17) is 16.0 Å². The van der Waals surface area contributed by atoms with Gasteiger partial charge in [-0.1, -0.05) is 42.8 Å². The molecule has 2 aromatic carbocycles. The topological polar surface area (TPSA) is 103 Å². The number of carbonyl (C=O) groups is 1. The highest BCUT2D eigenvalue weighted by Gasteiger charge is 2.18. The van der Waals surface area contributed by atoms with Crippen LogP contribution in [0.3, 0.4) is 0 Å². The predicted octanol–water partition coefficient (Wildman–Crippen LogP) is 3.35. The van der Waals surface area contributed by atoms with Crippen LogP contribution in [0.25, 0.3) is 17.1 Å². The van der Waals surface area contributed by atoms with Crippen molar-refractivity contribution in [1.82, 2.24) is 35.3 Å². The molecule has 9 nitrogen and oxygen atoms in total. The molecule has 4 rings (SSSR count). The lowest BCUT2D eigenvalue weighted by atomic mass is 10.1. The van der Waals surface area contributed by atoms with Crippen molar-refractivity contribution >= 4 is 17.5 Å². The summed E-state index contributed by atoms with van der Waals surface area (Å²) in [4.78, 5) is 14.7. The second kappa shape index (κ2) is 9.48. The van der Waals surface area contributed by atoms with Crippen molar-refractivity contribution in [2.24, 2.45) is 0 Å². The van der Waals surface area contributed by atoms with Gasteiger partial charge < -0.3 is 9.32 Å². The summed E-state index contributed by atoms with van der Waals surface area (Å²) in [6.07, 6.45) is 2.60. The lowest BCUT2D eigenvalue weighted by Crippen LogP contribution is -2.32. The van der Waals surface area contributed by atoms with Crippen molar-refractivity contribution in [1.29, 1.82) is 0 Å². The van der Waals surface area contributed by atoms with E-state index in [0.29, 0.717) is 28.9 Å². The molecule has 158 valence electrons. The van der Waals surface area contributed by atoms with E-state index in [1.165, 1.54) is 6.33 Å². The van der Waals surface area contributed by atoms with Gasteiger partial charge in [0.25, 0.3) is 0 Å². The number of carbonyl (C=O) groups excluding carboxylic acids is 1. The van der Waals surface area contributed by atoms with E-state index < -0.39 is 0 Å². The Hall–Kier alpha value is -3.59. The third kappa shape index (κ3) is 4.95. The summed E-state index contributed by atoms with van der Waals surface area (Å²) in [5.41, 5.74) is 2.38. The first-order valence-corrected chi connectivity index (χ1v) is 10.2. The number of hydrogen-bond donors (Lipinski definition) is 0. The maximum Gasteiger partial charge on any atom is 0.249 e. The number of tetrazole rings is 1. The molecule has 1 amide bonds. The molecular formula is C21H20ClN7O2. The quantitative estimate of drug-likeness (QED) is 0.416. The number of amides is 1. The Bertz CT molecular complexity index is 1140. The summed E-state index contributed by atoms with van der Waals surface area (Å²) in [6.45, 7) is 2.85. The fourth-order valence-electron chi connectivity index (χ4n) is 3.12. The van der Waals surface area contributed by atoms with Gasteiger partial charge in [-0.2, -0.15) is 0 Å². The van der Waals surface area contributed by atoms with Gasteiger partial charge in [0, 0.05) is 6.54 Å². The van der Waals surface area contributed by atoms with Crippen LogP contribution in [0.4, 0.5) is 0 Å². The van der Waals surface area contributed by atoms with Crippen molar-refractivity contribution in [3.05, 3.63) is 71.3 Å². The fraction of sp³-hybridized carbons (Fsp3) is 0.238. The molecule has 0 unspecified atom stereocenters. The second-order valence-corrected chi connectivity index (χ2v) is 7.30. The summed E-state index contributed by atoms with van der Waals surface area (Å²) >= 11 is 6.20. The van der Waals surface area contributed by atoms with E-state index >= 15 is 0 Å². The van der Waals surface area contributed by atoms with Gasteiger partial charge in [-0.3, -0.25) is 4.79 Å². The normalized spacial score (nSPS) is 10.9. The summed E-state index contributed by atoms with van der Waals surface area (Å²) in [7, 11) is 0. The predicted molar refractivity (Wildman–Crippen MR) is 113 cm³/mol. The molecule has 4 aromatic rings. The Morgan fingerprint density at radius 1 is 1.13 bits per heavy atom. The molecule has 0 aliphatic carbocycles. The monoisotopic (exact) mass is 437 g/mol. The van der Waals surface area contributed by atoms with Crippen LogP contribution in [0.15, 0.2) is 59.3 Å². The average Bonchev–Trinajstić information content (AvgIpc) is 3.47. The van der Waals surface area contributed by atoms with Crippen LogP contribution >= 0.6 is 11.6 Å². The minimum Gasteiger partial charge on any atom is -0.419 e. The Morgan fingerprint density at radius 2 is 1.94 bits per heavy atom. The van der Waals surface area contributed by atoms with E-state index in [1.807, 2.05) is 49.4 Å². The molecule has 0 bridgehead atoms. The number of nitrogens with zero attached hydrogens (tertiary/aromatic N) is 7. The summed E-state index contributed by atoms with van der Waals surface area (Å²) in [6, 6.07) is 14.8. The Labute approximate surface area is 183 Å². The van der Waals surface area contributed by atoms with Gasteiger partial charge in [0.15, 0.2) is 0 Å². The van der Waals surface area contributed by atoms with Gasteiger partial charge in [-0.25, -0.2) is 4.68 Å². The molecular weight excluding hydrogens is 418 g/mol. The highest BCUT2D eigenvalue weighted by molar-refractivity contribution is 6.33.